The van der Waals surface area contributed by atoms with Crippen LogP contribution in [-0.4, -0.2) is 38.0 Å². The lowest BCUT2D eigenvalue weighted by Crippen LogP contribution is -2.40. The van der Waals surface area contributed by atoms with Crippen LogP contribution in [0.25, 0.3) is 0 Å². The summed E-state index contributed by atoms with van der Waals surface area (Å²) in [6, 6.07) is 0.419. The SMILES string of the molecule is CCCC(CCO)CNC(COC)C(C)C. The summed E-state index contributed by atoms with van der Waals surface area (Å²) in [5.74, 6) is 1.17. The van der Waals surface area contributed by atoms with Crippen molar-refractivity contribution in [2.75, 3.05) is 26.9 Å². The molecule has 3 heteroatoms. The summed E-state index contributed by atoms with van der Waals surface area (Å²) in [6.07, 6.45) is 3.27. The first kappa shape index (κ1) is 15.9. The van der Waals surface area contributed by atoms with E-state index in [1.807, 2.05) is 0 Å². The van der Waals surface area contributed by atoms with Crippen molar-refractivity contribution >= 4 is 0 Å². The van der Waals surface area contributed by atoms with E-state index in [-0.39, 0.29) is 0 Å². The third-order valence-electron chi connectivity index (χ3n) is 3.05. The van der Waals surface area contributed by atoms with E-state index >= 15 is 0 Å². The summed E-state index contributed by atoms with van der Waals surface area (Å²) in [6.45, 7) is 8.65. The van der Waals surface area contributed by atoms with Crippen molar-refractivity contribution in [3.8, 4) is 0 Å². The third-order valence-corrected chi connectivity index (χ3v) is 3.05. The predicted octanol–water partition coefficient (Wildman–Crippen LogP) is 2.05. The summed E-state index contributed by atoms with van der Waals surface area (Å²) in [4.78, 5) is 0. The van der Waals surface area contributed by atoms with Gasteiger partial charge in [-0.25, -0.2) is 0 Å². The van der Waals surface area contributed by atoms with Crippen LogP contribution in [0, 0.1) is 11.8 Å². The maximum Gasteiger partial charge on any atom is 0.0618 e. The molecule has 98 valence electrons. The molecule has 0 rings (SSSR count). The number of ether oxygens (including phenoxy) is 1. The monoisotopic (exact) mass is 231 g/mol. The summed E-state index contributed by atoms with van der Waals surface area (Å²) >= 11 is 0. The molecule has 2 N–H and O–H groups in total. The number of aliphatic hydroxyl groups excluding tert-OH is 1. The molecule has 2 unspecified atom stereocenters. The van der Waals surface area contributed by atoms with Gasteiger partial charge in [-0.15, -0.1) is 0 Å². The van der Waals surface area contributed by atoms with Crippen LogP contribution in [0.5, 0.6) is 0 Å². The Morgan fingerprint density at radius 3 is 2.38 bits per heavy atom. The van der Waals surface area contributed by atoms with E-state index in [1.54, 1.807) is 7.11 Å². The highest BCUT2D eigenvalue weighted by molar-refractivity contribution is 4.72. The molecule has 16 heavy (non-hydrogen) atoms. The van der Waals surface area contributed by atoms with Crippen molar-refractivity contribution in [3.05, 3.63) is 0 Å². The summed E-state index contributed by atoms with van der Waals surface area (Å²) in [5, 5.41) is 12.5. The standard InChI is InChI=1S/C13H29NO2/c1-5-6-12(7-8-15)9-14-13(10-16-4)11(2)3/h11-15H,5-10H2,1-4H3. The topological polar surface area (TPSA) is 41.5 Å². The fourth-order valence-corrected chi connectivity index (χ4v) is 1.92. The highest BCUT2D eigenvalue weighted by Gasteiger charge is 2.15. The summed E-state index contributed by atoms with van der Waals surface area (Å²) in [5.41, 5.74) is 0. The quantitative estimate of drug-likeness (QED) is 0.604. The lowest BCUT2D eigenvalue weighted by atomic mass is 9.98. The van der Waals surface area contributed by atoms with Crippen molar-refractivity contribution in [1.29, 1.82) is 0 Å². The van der Waals surface area contributed by atoms with Gasteiger partial charge in [0.05, 0.1) is 6.61 Å². The fourth-order valence-electron chi connectivity index (χ4n) is 1.92. The van der Waals surface area contributed by atoms with Gasteiger partial charge < -0.3 is 15.2 Å². The van der Waals surface area contributed by atoms with Crippen LogP contribution in [0.3, 0.4) is 0 Å². The Balaban J connectivity index is 3.93. The Hall–Kier alpha value is -0.120. The van der Waals surface area contributed by atoms with Crippen molar-refractivity contribution < 1.29 is 9.84 Å². The van der Waals surface area contributed by atoms with E-state index < -0.39 is 0 Å². The van der Waals surface area contributed by atoms with Crippen LogP contribution in [-0.2, 0) is 4.74 Å². The molecule has 0 fully saturated rings. The Morgan fingerprint density at radius 1 is 1.25 bits per heavy atom. The average Bonchev–Trinajstić information content (AvgIpc) is 2.24. The largest absolute Gasteiger partial charge is 0.396 e. The number of rotatable bonds is 10. The van der Waals surface area contributed by atoms with Crippen LogP contribution in [0.1, 0.15) is 40.0 Å². The van der Waals surface area contributed by atoms with Gasteiger partial charge in [0.2, 0.25) is 0 Å². The van der Waals surface area contributed by atoms with Gasteiger partial charge in [0.25, 0.3) is 0 Å². The summed E-state index contributed by atoms with van der Waals surface area (Å²) in [7, 11) is 1.74. The molecular weight excluding hydrogens is 202 g/mol. The number of aliphatic hydroxyl groups is 1. The molecule has 0 aliphatic heterocycles. The second kappa shape index (κ2) is 10.1. The molecule has 0 aromatic carbocycles. The van der Waals surface area contributed by atoms with Crippen molar-refractivity contribution in [2.24, 2.45) is 11.8 Å². The lowest BCUT2D eigenvalue weighted by molar-refractivity contribution is 0.142. The number of nitrogens with one attached hydrogen (secondary N) is 1. The molecule has 0 aromatic heterocycles. The second-order valence-corrected chi connectivity index (χ2v) is 4.88. The molecule has 0 aromatic rings. The van der Waals surface area contributed by atoms with Gasteiger partial charge in [-0.2, -0.15) is 0 Å². The maximum atomic E-state index is 8.99. The zero-order valence-corrected chi connectivity index (χ0v) is 11.3. The van der Waals surface area contributed by atoms with E-state index in [2.05, 4.69) is 26.1 Å². The van der Waals surface area contributed by atoms with Gasteiger partial charge in [0.1, 0.15) is 0 Å². The van der Waals surface area contributed by atoms with Crippen LogP contribution in [0.15, 0.2) is 0 Å². The normalized spacial score (nSPS) is 15.4. The first-order valence-electron chi connectivity index (χ1n) is 6.48. The zero-order valence-electron chi connectivity index (χ0n) is 11.3. The van der Waals surface area contributed by atoms with Gasteiger partial charge in [-0.1, -0.05) is 27.2 Å². The van der Waals surface area contributed by atoms with E-state index in [4.69, 9.17) is 9.84 Å². The molecule has 3 nitrogen and oxygen atoms in total. The maximum absolute atomic E-state index is 8.99. The molecule has 0 amide bonds. The first-order chi connectivity index (χ1) is 7.65. The predicted molar refractivity (Wildman–Crippen MR) is 68.6 cm³/mol. The minimum atomic E-state index is 0.295. The Kier molecular flexibility index (Phi) is 9.99. The van der Waals surface area contributed by atoms with E-state index in [0.29, 0.717) is 24.5 Å². The highest BCUT2D eigenvalue weighted by atomic mass is 16.5. The molecule has 0 saturated heterocycles. The molecule has 0 bridgehead atoms. The lowest BCUT2D eigenvalue weighted by Gasteiger charge is -2.24. The minimum absolute atomic E-state index is 0.295. The van der Waals surface area contributed by atoms with E-state index in [1.165, 1.54) is 12.8 Å². The number of hydrogen-bond donors (Lipinski definition) is 2. The van der Waals surface area contributed by atoms with Crippen LogP contribution in [0.4, 0.5) is 0 Å². The molecule has 0 aliphatic carbocycles. The molecule has 0 saturated carbocycles. The first-order valence-corrected chi connectivity index (χ1v) is 6.48. The van der Waals surface area contributed by atoms with Gasteiger partial charge in [0.15, 0.2) is 0 Å². The Labute approximate surface area is 101 Å². The van der Waals surface area contributed by atoms with Gasteiger partial charge in [0, 0.05) is 19.8 Å². The zero-order chi connectivity index (χ0) is 12.4. The van der Waals surface area contributed by atoms with Crippen LogP contribution in [0.2, 0.25) is 0 Å². The van der Waals surface area contributed by atoms with Crippen molar-refractivity contribution in [1.82, 2.24) is 5.32 Å². The molecule has 2 atom stereocenters. The average molecular weight is 231 g/mol. The molecule has 0 heterocycles. The number of hydrogen-bond acceptors (Lipinski definition) is 3. The van der Waals surface area contributed by atoms with E-state index in [0.717, 1.165) is 19.6 Å². The van der Waals surface area contributed by atoms with Crippen LogP contribution >= 0.6 is 0 Å². The number of methoxy groups -OCH3 is 1. The van der Waals surface area contributed by atoms with Gasteiger partial charge in [-0.3, -0.25) is 0 Å². The smallest absolute Gasteiger partial charge is 0.0618 e. The molecule has 0 aliphatic rings. The minimum Gasteiger partial charge on any atom is -0.396 e. The van der Waals surface area contributed by atoms with Crippen molar-refractivity contribution in [2.45, 2.75) is 46.1 Å². The fraction of sp³-hybridized carbons (Fsp3) is 1.00. The Bertz CT molecular complexity index is 145. The summed E-state index contributed by atoms with van der Waals surface area (Å²) < 4.78 is 5.21. The van der Waals surface area contributed by atoms with Gasteiger partial charge in [-0.05, 0) is 31.2 Å². The highest BCUT2D eigenvalue weighted by Crippen LogP contribution is 2.11. The van der Waals surface area contributed by atoms with Crippen LogP contribution < -0.4 is 5.32 Å². The van der Waals surface area contributed by atoms with Gasteiger partial charge >= 0.3 is 0 Å². The van der Waals surface area contributed by atoms with E-state index in [9.17, 15) is 0 Å². The molecule has 0 radical (unpaired) electrons. The Morgan fingerprint density at radius 2 is 1.94 bits per heavy atom. The second-order valence-electron chi connectivity index (χ2n) is 4.88. The molecular formula is C13H29NO2. The van der Waals surface area contributed by atoms with Crippen molar-refractivity contribution in [3.63, 3.8) is 0 Å². The third kappa shape index (κ3) is 7.20. The molecule has 0 spiro atoms.